The molecule has 1 aliphatic heterocycles. The summed E-state index contributed by atoms with van der Waals surface area (Å²) < 4.78 is 6.25. The van der Waals surface area contributed by atoms with Gasteiger partial charge in [-0.15, -0.1) is 0 Å². The minimum absolute atomic E-state index is 0.360. The molecule has 0 aromatic rings. The molecule has 98 valence electrons. The van der Waals surface area contributed by atoms with E-state index in [4.69, 9.17) is 4.74 Å². The molecule has 0 radical (unpaired) electrons. The van der Waals surface area contributed by atoms with Crippen LogP contribution in [0.2, 0.25) is 0 Å². The summed E-state index contributed by atoms with van der Waals surface area (Å²) in [5, 5.41) is 4.01. The van der Waals surface area contributed by atoms with Crippen LogP contribution < -0.4 is 5.32 Å². The van der Waals surface area contributed by atoms with Crippen LogP contribution in [-0.4, -0.2) is 24.3 Å². The largest absolute Gasteiger partial charge is 0.375 e. The lowest BCUT2D eigenvalue weighted by atomic mass is 9.79. The fourth-order valence-corrected chi connectivity index (χ4v) is 4.03. The molecule has 1 heterocycles. The van der Waals surface area contributed by atoms with Gasteiger partial charge in [-0.05, 0) is 25.7 Å². The van der Waals surface area contributed by atoms with Crippen LogP contribution in [0.5, 0.6) is 0 Å². The van der Waals surface area contributed by atoms with Crippen LogP contribution >= 0.6 is 0 Å². The Morgan fingerprint density at radius 2 is 1.53 bits per heavy atom. The van der Waals surface area contributed by atoms with E-state index in [9.17, 15) is 0 Å². The summed E-state index contributed by atoms with van der Waals surface area (Å²) in [4.78, 5) is 0. The molecule has 0 aromatic heterocycles. The number of nitrogens with one attached hydrogen (secondary N) is 1. The van der Waals surface area contributed by atoms with Crippen LogP contribution in [0.25, 0.3) is 0 Å². The van der Waals surface area contributed by atoms with E-state index in [1.165, 1.54) is 70.6 Å². The number of fused-ring (bicyclic) bond motifs is 1. The van der Waals surface area contributed by atoms with E-state index in [-0.39, 0.29) is 0 Å². The summed E-state index contributed by atoms with van der Waals surface area (Å²) in [7, 11) is 0. The molecule has 2 heteroatoms. The zero-order valence-corrected chi connectivity index (χ0v) is 11.0. The second kappa shape index (κ2) is 5.27. The highest BCUT2D eigenvalue weighted by Gasteiger charge is 2.41. The summed E-state index contributed by atoms with van der Waals surface area (Å²) in [6, 6.07) is 0.655. The van der Waals surface area contributed by atoms with Gasteiger partial charge in [-0.25, -0.2) is 0 Å². The molecule has 1 spiro atoms. The summed E-state index contributed by atoms with van der Waals surface area (Å²) in [6.45, 7) is 0.980. The van der Waals surface area contributed by atoms with E-state index < -0.39 is 0 Å². The average Bonchev–Trinajstić information content (AvgIpc) is 2.33. The maximum absolute atomic E-state index is 6.25. The lowest BCUT2D eigenvalue weighted by molar-refractivity contribution is -0.0811. The van der Waals surface area contributed by atoms with Crippen LogP contribution in [0.15, 0.2) is 0 Å². The first-order chi connectivity index (χ1) is 8.38. The molecular weight excluding hydrogens is 210 g/mol. The van der Waals surface area contributed by atoms with Gasteiger partial charge in [-0.2, -0.15) is 0 Å². The summed E-state index contributed by atoms with van der Waals surface area (Å²) in [6.07, 6.45) is 15.7. The SMILES string of the molecule is C1CCCC2OCC3(CCCCC3)NC2CC1. The van der Waals surface area contributed by atoms with Crippen molar-refractivity contribution in [3.63, 3.8) is 0 Å². The van der Waals surface area contributed by atoms with Crippen molar-refractivity contribution < 1.29 is 4.74 Å². The van der Waals surface area contributed by atoms with Crippen molar-refractivity contribution in [1.82, 2.24) is 5.32 Å². The molecule has 2 aliphatic carbocycles. The van der Waals surface area contributed by atoms with Crippen LogP contribution in [0.1, 0.15) is 70.6 Å². The first-order valence-corrected chi connectivity index (χ1v) is 7.77. The number of hydrogen-bond donors (Lipinski definition) is 1. The van der Waals surface area contributed by atoms with Gasteiger partial charge >= 0.3 is 0 Å². The average molecular weight is 237 g/mol. The Bertz CT molecular complexity index is 247. The second-order valence-corrected chi connectivity index (χ2v) is 6.43. The number of hydrogen-bond acceptors (Lipinski definition) is 2. The van der Waals surface area contributed by atoms with Gasteiger partial charge in [-0.3, -0.25) is 0 Å². The third kappa shape index (κ3) is 2.68. The Morgan fingerprint density at radius 1 is 0.824 bits per heavy atom. The number of ether oxygens (including phenoxy) is 1. The molecule has 17 heavy (non-hydrogen) atoms. The van der Waals surface area contributed by atoms with Gasteiger partial charge in [0.25, 0.3) is 0 Å². The predicted octanol–water partition coefficient (Wildman–Crippen LogP) is 3.40. The normalized spacial score (nSPS) is 38.1. The van der Waals surface area contributed by atoms with E-state index in [0.29, 0.717) is 17.7 Å². The minimum atomic E-state index is 0.360. The third-order valence-corrected chi connectivity index (χ3v) is 5.08. The van der Waals surface area contributed by atoms with E-state index in [0.717, 1.165) is 6.61 Å². The summed E-state index contributed by atoms with van der Waals surface area (Å²) >= 11 is 0. The van der Waals surface area contributed by atoms with Crippen molar-refractivity contribution in [3.8, 4) is 0 Å². The fraction of sp³-hybridized carbons (Fsp3) is 1.00. The van der Waals surface area contributed by atoms with Gasteiger partial charge in [-0.1, -0.05) is 44.9 Å². The Morgan fingerprint density at radius 3 is 2.35 bits per heavy atom. The molecule has 3 rings (SSSR count). The monoisotopic (exact) mass is 237 g/mol. The topological polar surface area (TPSA) is 21.3 Å². The third-order valence-electron chi connectivity index (χ3n) is 5.08. The quantitative estimate of drug-likeness (QED) is 0.697. The Kier molecular flexibility index (Phi) is 3.72. The van der Waals surface area contributed by atoms with Crippen LogP contribution in [0, 0.1) is 0 Å². The maximum Gasteiger partial charge on any atom is 0.0729 e. The van der Waals surface area contributed by atoms with Crippen LogP contribution in [0.4, 0.5) is 0 Å². The number of morpholine rings is 1. The van der Waals surface area contributed by atoms with E-state index in [2.05, 4.69) is 5.32 Å². The highest BCUT2D eigenvalue weighted by atomic mass is 16.5. The minimum Gasteiger partial charge on any atom is -0.375 e. The standard InChI is InChI=1S/C15H27NO/c1-2-5-9-14-13(8-4-1)16-15(12-17-14)10-6-3-7-11-15/h13-14,16H,1-12H2. The molecule has 0 amide bonds. The fourth-order valence-electron chi connectivity index (χ4n) is 4.03. The molecule has 2 nitrogen and oxygen atoms in total. The van der Waals surface area contributed by atoms with Gasteiger partial charge in [0.2, 0.25) is 0 Å². The van der Waals surface area contributed by atoms with Gasteiger partial charge in [0.1, 0.15) is 0 Å². The first kappa shape index (κ1) is 12.0. The smallest absolute Gasteiger partial charge is 0.0729 e. The van der Waals surface area contributed by atoms with Crippen LogP contribution in [-0.2, 0) is 4.74 Å². The lowest BCUT2D eigenvalue weighted by Gasteiger charge is -2.48. The van der Waals surface area contributed by atoms with E-state index >= 15 is 0 Å². The Labute approximate surface area is 105 Å². The number of rotatable bonds is 0. The maximum atomic E-state index is 6.25. The summed E-state index contributed by atoms with van der Waals surface area (Å²) in [5.74, 6) is 0. The Hall–Kier alpha value is -0.0800. The molecule has 3 aliphatic rings. The van der Waals surface area contributed by atoms with E-state index in [1.54, 1.807) is 0 Å². The molecule has 2 saturated carbocycles. The zero-order valence-electron chi connectivity index (χ0n) is 11.0. The van der Waals surface area contributed by atoms with E-state index in [1.807, 2.05) is 0 Å². The van der Waals surface area contributed by atoms with Crippen molar-refractivity contribution in [2.45, 2.75) is 88.3 Å². The highest BCUT2D eigenvalue weighted by molar-refractivity contribution is 4.99. The van der Waals surface area contributed by atoms with Gasteiger partial charge in [0, 0.05) is 11.6 Å². The van der Waals surface area contributed by atoms with Gasteiger partial charge in [0.05, 0.1) is 12.7 Å². The Balaban J connectivity index is 1.65. The molecule has 0 aromatic carbocycles. The molecule has 1 N–H and O–H groups in total. The predicted molar refractivity (Wildman–Crippen MR) is 70.2 cm³/mol. The van der Waals surface area contributed by atoms with Crippen molar-refractivity contribution in [3.05, 3.63) is 0 Å². The highest BCUT2D eigenvalue weighted by Crippen LogP contribution is 2.35. The van der Waals surface area contributed by atoms with Crippen molar-refractivity contribution in [2.24, 2.45) is 0 Å². The van der Waals surface area contributed by atoms with Gasteiger partial charge < -0.3 is 10.1 Å². The molecule has 1 saturated heterocycles. The lowest BCUT2D eigenvalue weighted by Crippen LogP contribution is -2.63. The molecule has 2 atom stereocenters. The molecular formula is C15H27NO. The summed E-state index contributed by atoms with van der Waals surface area (Å²) in [5.41, 5.74) is 0.360. The molecule has 2 unspecified atom stereocenters. The van der Waals surface area contributed by atoms with Crippen molar-refractivity contribution in [2.75, 3.05) is 6.61 Å². The first-order valence-electron chi connectivity index (χ1n) is 7.77. The zero-order chi connectivity index (χ0) is 11.6. The molecule has 0 bridgehead atoms. The van der Waals surface area contributed by atoms with Gasteiger partial charge in [0.15, 0.2) is 0 Å². The van der Waals surface area contributed by atoms with Crippen molar-refractivity contribution >= 4 is 0 Å². The van der Waals surface area contributed by atoms with Crippen molar-refractivity contribution in [1.29, 1.82) is 0 Å². The molecule has 3 fully saturated rings. The van der Waals surface area contributed by atoms with Crippen LogP contribution in [0.3, 0.4) is 0 Å². The second-order valence-electron chi connectivity index (χ2n) is 6.43.